The Kier molecular flexibility index (Phi) is 2.50. The van der Waals surface area contributed by atoms with Crippen molar-refractivity contribution in [3.8, 4) is 0 Å². The maximum absolute atomic E-state index is 11.1. The fraction of sp³-hybridized carbons (Fsp3) is 0.400. The van der Waals surface area contributed by atoms with Crippen molar-refractivity contribution < 1.29 is 4.79 Å². The van der Waals surface area contributed by atoms with E-state index in [1.54, 1.807) is 4.68 Å². The predicted octanol–water partition coefficient (Wildman–Crippen LogP) is 1.66. The molecule has 2 amide bonds. The zero-order valence-corrected chi connectivity index (χ0v) is 11.2. The lowest BCUT2D eigenvalue weighted by molar-refractivity contribution is 0.257. The molecule has 1 fully saturated rings. The number of aromatic nitrogens is 1. The summed E-state index contributed by atoms with van der Waals surface area (Å²) in [6.07, 6.45) is 5.49. The van der Waals surface area contributed by atoms with Crippen LogP contribution >= 0.6 is 0 Å². The normalized spacial score (nSPS) is 24.4. The number of urea groups is 1. The minimum atomic E-state index is -0.534. The second kappa shape index (κ2) is 4.24. The van der Waals surface area contributed by atoms with Crippen LogP contribution in [-0.2, 0) is 6.42 Å². The molecule has 2 heterocycles. The fourth-order valence-electron chi connectivity index (χ4n) is 3.85. The third kappa shape index (κ3) is 1.63. The van der Waals surface area contributed by atoms with Gasteiger partial charge >= 0.3 is 6.03 Å². The molecule has 5 heteroatoms. The van der Waals surface area contributed by atoms with Crippen LogP contribution in [0.4, 0.5) is 4.79 Å². The van der Waals surface area contributed by atoms with Crippen molar-refractivity contribution in [1.29, 1.82) is 0 Å². The Morgan fingerprint density at radius 2 is 2.35 bits per heavy atom. The van der Waals surface area contributed by atoms with Crippen LogP contribution in [0.1, 0.15) is 29.9 Å². The summed E-state index contributed by atoms with van der Waals surface area (Å²) >= 11 is 0. The van der Waals surface area contributed by atoms with Crippen molar-refractivity contribution in [2.45, 2.75) is 31.2 Å². The van der Waals surface area contributed by atoms with Gasteiger partial charge in [-0.05, 0) is 43.0 Å². The number of rotatable bonds is 1. The van der Waals surface area contributed by atoms with Crippen LogP contribution in [0.5, 0.6) is 0 Å². The smallest absolute Gasteiger partial charge is 0.331 e. The molecular weight excluding hydrogens is 252 g/mol. The number of carbonyl (C=O) groups is 1. The molecule has 1 aromatic heterocycles. The van der Waals surface area contributed by atoms with Crippen LogP contribution in [0.25, 0.3) is 10.9 Å². The summed E-state index contributed by atoms with van der Waals surface area (Å²) in [7, 11) is 0. The number of nitrogens with one attached hydrogen (secondary N) is 2. The summed E-state index contributed by atoms with van der Waals surface area (Å²) in [5.74, 6) is 0.587. The highest BCUT2D eigenvalue weighted by molar-refractivity contribution is 5.91. The Morgan fingerprint density at radius 3 is 3.20 bits per heavy atom. The molecule has 1 saturated heterocycles. The SMILES string of the molecule is NC(=O)Nn1cc2c3c(cccc31)[C@H]1CCCN[C@@H]1C2. The molecule has 0 radical (unpaired) electrons. The summed E-state index contributed by atoms with van der Waals surface area (Å²) in [4.78, 5) is 11.1. The number of piperidine rings is 1. The van der Waals surface area contributed by atoms with Crippen LogP contribution in [0.3, 0.4) is 0 Å². The van der Waals surface area contributed by atoms with Gasteiger partial charge in [0.05, 0.1) is 5.52 Å². The second-order valence-corrected chi connectivity index (χ2v) is 5.76. The predicted molar refractivity (Wildman–Crippen MR) is 78.4 cm³/mol. The van der Waals surface area contributed by atoms with Crippen molar-refractivity contribution in [2.24, 2.45) is 5.73 Å². The summed E-state index contributed by atoms with van der Waals surface area (Å²) < 4.78 is 1.76. The maximum Gasteiger partial charge on any atom is 0.331 e. The molecule has 5 nitrogen and oxygen atoms in total. The van der Waals surface area contributed by atoms with Crippen LogP contribution in [0.15, 0.2) is 24.4 Å². The molecule has 4 N–H and O–H groups in total. The van der Waals surface area contributed by atoms with Gasteiger partial charge in [-0.1, -0.05) is 12.1 Å². The molecule has 20 heavy (non-hydrogen) atoms. The Balaban J connectivity index is 1.90. The van der Waals surface area contributed by atoms with Gasteiger partial charge in [-0.25, -0.2) is 10.2 Å². The average molecular weight is 270 g/mol. The van der Waals surface area contributed by atoms with Crippen LogP contribution in [0.2, 0.25) is 0 Å². The number of nitrogens with zero attached hydrogens (tertiary/aromatic N) is 1. The van der Waals surface area contributed by atoms with E-state index in [4.69, 9.17) is 5.73 Å². The average Bonchev–Trinajstić information content (AvgIpc) is 2.78. The lowest BCUT2D eigenvalue weighted by Gasteiger charge is -2.36. The first-order valence-electron chi connectivity index (χ1n) is 7.17. The van der Waals surface area contributed by atoms with E-state index in [1.165, 1.54) is 29.4 Å². The van der Waals surface area contributed by atoms with Gasteiger partial charge in [0.2, 0.25) is 0 Å². The first-order chi connectivity index (χ1) is 9.74. The van der Waals surface area contributed by atoms with Gasteiger partial charge in [0.15, 0.2) is 0 Å². The maximum atomic E-state index is 11.1. The summed E-state index contributed by atoms with van der Waals surface area (Å²) in [6.45, 7) is 1.10. The summed E-state index contributed by atoms with van der Waals surface area (Å²) in [6, 6.07) is 6.32. The fourth-order valence-corrected chi connectivity index (χ4v) is 3.85. The Morgan fingerprint density at radius 1 is 1.45 bits per heavy atom. The van der Waals surface area contributed by atoms with E-state index in [0.29, 0.717) is 12.0 Å². The zero-order chi connectivity index (χ0) is 13.7. The molecule has 2 aliphatic rings. The van der Waals surface area contributed by atoms with Gasteiger partial charge in [-0.2, -0.15) is 0 Å². The van der Waals surface area contributed by atoms with Crippen LogP contribution in [0, 0.1) is 0 Å². The zero-order valence-electron chi connectivity index (χ0n) is 11.2. The minimum absolute atomic E-state index is 0.520. The van der Waals surface area contributed by atoms with Gasteiger partial charge < -0.3 is 11.1 Å². The first kappa shape index (κ1) is 11.8. The van der Waals surface area contributed by atoms with Crippen LogP contribution < -0.4 is 16.5 Å². The van der Waals surface area contributed by atoms with E-state index in [1.807, 2.05) is 12.3 Å². The highest BCUT2D eigenvalue weighted by Crippen LogP contribution is 2.41. The van der Waals surface area contributed by atoms with Crippen molar-refractivity contribution in [2.75, 3.05) is 12.0 Å². The van der Waals surface area contributed by atoms with Gasteiger partial charge in [0, 0.05) is 23.5 Å². The molecule has 1 aliphatic carbocycles. The third-order valence-corrected chi connectivity index (χ3v) is 4.59. The Labute approximate surface area is 117 Å². The molecule has 1 aliphatic heterocycles. The van der Waals surface area contributed by atoms with Gasteiger partial charge in [0.25, 0.3) is 0 Å². The molecule has 0 unspecified atom stereocenters. The highest BCUT2D eigenvalue weighted by Gasteiger charge is 2.33. The van der Waals surface area contributed by atoms with E-state index < -0.39 is 6.03 Å². The molecule has 2 aromatic rings. The number of fused-ring (bicyclic) bond motifs is 2. The number of hydrogen-bond acceptors (Lipinski definition) is 2. The lowest BCUT2D eigenvalue weighted by Crippen LogP contribution is -2.43. The monoisotopic (exact) mass is 270 g/mol. The third-order valence-electron chi connectivity index (χ3n) is 4.59. The molecule has 1 aromatic carbocycles. The molecule has 4 rings (SSSR count). The number of primary amides is 1. The first-order valence-corrected chi connectivity index (χ1v) is 7.17. The Bertz CT molecular complexity index is 690. The summed E-state index contributed by atoms with van der Waals surface area (Å²) in [5, 5.41) is 4.93. The Hall–Kier alpha value is -2.01. The molecular formula is C15H18N4O. The molecule has 0 saturated carbocycles. The number of nitrogens with two attached hydrogens (primary N) is 1. The largest absolute Gasteiger partial charge is 0.350 e. The van der Waals surface area contributed by atoms with Crippen molar-refractivity contribution in [3.63, 3.8) is 0 Å². The number of amides is 2. The van der Waals surface area contributed by atoms with E-state index in [-0.39, 0.29) is 0 Å². The van der Waals surface area contributed by atoms with Crippen molar-refractivity contribution in [3.05, 3.63) is 35.5 Å². The molecule has 104 valence electrons. The van der Waals surface area contributed by atoms with E-state index in [2.05, 4.69) is 22.9 Å². The lowest BCUT2D eigenvalue weighted by atomic mass is 9.76. The quantitative estimate of drug-likeness (QED) is 0.737. The van der Waals surface area contributed by atoms with Crippen molar-refractivity contribution >= 4 is 16.9 Å². The van der Waals surface area contributed by atoms with E-state index in [9.17, 15) is 4.79 Å². The minimum Gasteiger partial charge on any atom is -0.350 e. The topological polar surface area (TPSA) is 72.1 Å². The van der Waals surface area contributed by atoms with Gasteiger partial charge in [-0.15, -0.1) is 0 Å². The van der Waals surface area contributed by atoms with E-state index >= 15 is 0 Å². The van der Waals surface area contributed by atoms with Gasteiger partial charge in [-0.3, -0.25) is 4.68 Å². The van der Waals surface area contributed by atoms with E-state index in [0.717, 1.165) is 18.5 Å². The number of benzene rings is 1. The number of hydrogen-bond donors (Lipinski definition) is 3. The molecule has 2 atom stereocenters. The van der Waals surface area contributed by atoms with Crippen molar-refractivity contribution in [1.82, 2.24) is 9.99 Å². The second-order valence-electron chi connectivity index (χ2n) is 5.76. The standard InChI is InChI=1S/C15H18N4O/c16-15(20)18-19-8-9-7-12-10(4-2-6-17-12)11-3-1-5-13(19)14(9)11/h1,3,5,8,10,12,17H,2,4,6-7H2,(H3,16,18,20)/t10-,12-/m1/s1. The highest BCUT2D eigenvalue weighted by atomic mass is 16.2. The summed E-state index contributed by atoms with van der Waals surface area (Å²) in [5.41, 5.74) is 11.7. The molecule has 0 bridgehead atoms. The van der Waals surface area contributed by atoms with Gasteiger partial charge in [0.1, 0.15) is 0 Å². The van der Waals surface area contributed by atoms with Crippen LogP contribution in [-0.4, -0.2) is 23.3 Å². The number of carbonyl (C=O) groups excluding carboxylic acids is 1. The molecule has 0 spiro atoms.